The summed E-state index contributed by atoms with van der Waals surface area (Å²) in [6, 6.07) is 5.94. The number of anilines is 1. The van der Waals surface area contributed by atoms with Crippen LogP contribution < -0.4 is 10.6 Å². The smallest absolute Gasteiger partial charge is 0.337 e. The average Bonchev–Trinajstić information content (AvgIpc) is 2.57. The number of benzene rings is 1. The van der Waals surface area contributed by atoms with Crippen LogP contribution in [0.15, 0.2) is 24.3 Å². The quantitative estimate of drug-likeness (QED) is 0.499. The first-order valence-corrected chi connectivity index (χ1v) is 8.67. The Morgan fingerprint density at radius 2 is 1.83 bits per heavy atom. The number of hydrogen-bond donors (Lipinski definition) is 3. The molecule has 0 bridgehead atoms. The number of nitrogens with one attached hydrogen (secondary N) is 2. The molecule has 0 saturated heterocycles. The summed E-state index contributed by atoms with van der Waals surface area (Å²) >= 11 is 1.59. The van der Waals surface area contributed by atoms with Gasteiger partial charge in [-0.2, -0.15) is 11.8 Å². The summed E-state index contributed by atoms with van der Waals surface area (Å²) in [6.07, 6.45) is 2.43. The molecule has 2 amide bonds. The monoisotopic (exact) mass is 354 g/mol. The van der Waals surface area contributed by atoms with E-state index in [2.05, 4.69) is 15.4 Å². The van der Waals surface area contributed by atoms with E-state index in [9.17, 15) is 19.5 Å². The van der Waals surface area contributed by atoms with Gasteiger partial charge in [0, 0.05) is 12.2 Å². The Kier molecular flexibility index (Phi) is 7.73. The third-order valence-electron chi connectivity index (χ3n) is 3.24. The fourth-order valence-corrected chi connectivity index (χ4v) is 2.40. The second-order valence-corrected chi connectivity index (χ2v) is 6.43. The average molecular weight is 354 g/mol. The third-order valence-corrected chi connectivity index (χ3v) is 3.86. The molecule has 1 atom stereocenters. The van der Waals surface area contributed by atoms with Gasteiger partial charge in [-0.3, -0.25) is 9.59 Å². The summed E-state index contributed by atoms with van der Waals surface area (Å²) in [5, 5.41) is 14.9. The van der Waals surface area contributed by atoms with Crippen molar-refractivity contribution in [1.29, 1.82) is 0 Å². The van der Waals surface area contributed by atoms with Gasteiger partial charge in [0.2, 0.25) is 0 Å². The Morgan fingerprint density at radius 1 is 1.21 bits per heavy atom. The maximum absolute atomic E-state index is 11.8. The van der Waals surface area contributed by atoms with Crippen molar-refractivity contribution >= 4 is 35.2 Å². The molecular weight excluding hydrogens is 332 g/mol. The lowest BCUT2D eigenvalue weighted by molar-refractivity contribution is -0.136. The Hall–Kier alpha value is -2.06. The molecule has 0 saturated carbocycles. The SMILES string of the molecule is COC(=O)c1ccc(NC(=O)C(=O)NCC(C)(O)CCSC)cc1. The van der Waals surface area contributed by atoms with Crippen LogP contribution in [0.3, 0.4) is 0 Å². The van der Waals surface area contributed by atoms with E-state index in [0.29, 0.717) is 17.7 Å². The molecule has 8 heteroatoms. The van der Waals surface area contributed by atoms with E-state index in [1.165, 1.54) is 31.4 Å². The van der Waals surface area contributed by atoms with Crippen molar-refractivity contribution in [2.75, 3.05) is 31.0 Å². The second kappa shape index (κ2) is 9.29. The van der Waals surface area contributed by atoms with Crippen molar-refractivity contribution in [3.8, 4) is 0 Å². The van der Waals surface area contributed by atoms with E-state index >= 15 is 0 Å². The number of ether oxygens (including phenoxy) is 1. The molecule has 1 aromatic rings. The Labute approximate surface area is 145 Å². The van der Waals surface area contributed by atoms with Crippen LogP contribution >= 0.6 is 11.8 Å². The van der Waals surface area contributed by atoms with Gasteiger partial charge < -0.3 is 20.5 Å². The summed E-state index contributed by atoms with van der Waals surface area (Å²) in [5.41, 5.74) is -0.358. The van der Waals surface area contributed by atoms with Crippen LogP contribution in [-0.4, -0.2) is 54.2 Å². The fourth-order valence-electron chi connectivity index (χ4n) is 1.76. The number of aliphatic hydroxyl groups is 1. The highest BCUT2D eigenvalue weighted by Crippen LogP contribution is 2.12. The van der Waals surface area contributed by atoms with E-state index in [4.69, 9.17) is 0 Å². The van der Waals surface area contributed by atoms with Crippen molar-refractivity contribution in [2.24, 2.45) is 0 Å². The standard InChI is InChI=1S/C16H22N2O5S/c1-16(22,8-9-24-3)10-17-13(19)14(20)18-12-6-4-11(5-7-12)15(21)23-2/h4-7,22H,8-10H2,1-3H3,(H,17,19)(H,18,20). The van der Waals surface area contributed by atoms with Gasteiger partial charge in [0.1, 0.15) is 0 Å². The largest absolute Gasteiger partial charge is 0.465 e. The van der Waals surface area contributed by atoms with Crippen molar-refractivity contribution in [2.45, 2.75) is 18.9 Å². The maximum Gasteiger partial charge on any atom is 0.337 e. The van der Waals surface area contributed by atoms with Gasteiger partial charge in [0.25, 0.3) is 0 Å². The van der Waals surface area contributed by atoms with Gasteiger partial charge in [0.15, 0.2) is 0 Å². The van der Waals surface area contributed by atoms with Gasteiger partial charge >= 0.3 is 17.8 Å². The normalized spacial score (nSPS) is 12.8. The maximum atomic E-state index is 11.8. The molecule has 132 valence electrons. The molecule has 0 fully saturated rings. The van der Waals surface area contributed by atoms with Crippen molar-refractivity contribution in [3.05, 3.63) is 29.8 Å². The molecule has 0 aliphatic carbocycles. The van der Waals surface area contributed by atoms with Gasteiger partial charge in [-0.25, -0.2) is 4.79 Å². The molecule has 0 radical (unpaired) electrons. The summed E-state index contributed by atoms with van der Waals surface area (Å²) in [6.45, 7) is 1.59. The molecule has 7 nitrogen and oxygen atoms in total. The van der Waals surface area contributed by atoms with E-state index < -0.39 is 23.4 Å². The zero-order chi connectivity index (χ0) is 18.2. The van der Waals surface area contributed by atoms with E-state index in [1.54, 1.807) is 18.7 Å². The minimum absolute atomic E-state index is 0.0128. The van der Waals surface area contributed by atoms with Crippen LogP contribution in [0, 0.1) is 0 Å². The Balaban J connectivity index is 2.52. The highest BCUT2D eigenvalue weighted by atomic mass is 32.2. The number of hydrogen-bond acceptors (Lipinski definition) is 6. The third kappa shape index (κ3) is 6.59. The van der Waals surface area contributed by atoms with Crippen LogP contribution in [0.25, 0.3) is 0 Å². The fraction of sp³-hybridized carbons (Fsp3) is 0.438. The minimum Gasteiger partial charge on any atom is -0.465 e. The van der Waals surface area contributed by atoms with Crippen LogP contribution in [-0.2, 0) is 14.3 Å². The number of thioether (sulfide) groups is 1. The lowest BCUT2D eigenvalue weighted by Crippen LogP contribution is -2.44. The Morgan fingerprint density at radius 3 is 2.38 bits per heavy atom. The summed E-state index contributed by atoms with van der Waals surface area (Å²) < 4.78 is 4.57. The first-order valence-electron chi connectivity index (χ1n) is 7.28. The zero-order valence-corrected chi connectivity index (χ0v) is 14.7. The number of rotatable bonds is 7. The van der Waals surface area contributed by atoms with Gasteiger partial charge in [0.05, 0.1) is 18.3 Å². The molecule has 0 heterocycles. The predicted molar refractivity (Wildman–Crippen MR) is 93.0 cm³/mol. The lowest BCUT2D eigenvalue weighted by atomic mass is 10.0. The van der Waals surface area contributed by atoms with Crippen molar-refractivity contribution in [3.63, 3.8) is 0 Å². The number of esters is 1. The topological polar surface area (TPSA) is 105 Å². The summed E-state index contributed by atoms with van der Waals surface area (Å²) in [5.74, 6) is -1.42. The molecule has 0 aliphatic rings. The predicted octanol–water partition coefficient (Wildman–Crippen LogP) is 1.03. The van der Waals surface area contributed by atoms with Gasteiger partial charge in [-0.15, -0.1) is 0 Å². The van der Waals surface area contributed by atoms with Crippen LogP contribution in [0.4, 0.5) is 5.69 Å². The molecule has 3 N–H and O–H groups in total. The molecule has 1 aromatic carbocycles. The zero-order valence-electron chi connectivity index (χ0n) is 13.9. The Bertz CT molecular complexity index is 587. The number of amides is 2. The lowest BCUT2D eigenvalue weighted by Gasteiger charge is -2.23. The minimum atomic E-state index is -1.07. The molecule has 1 rings (SSSR count). The van der Waals surface area contributed by atoms with E-state index in [0.717, 1.165) is 5.75 Å². The van der Waals surface area contributed by atoms with Crippen LogP contribution in [0.1, 0.15) is 23.7 Å². The molecule has 0 aliphatic heterocycles. The highest BCUT2D eigenvalue weighted by molar-refractivity contribution is 7.98. The van der Waals surface area contributed by atoms with Crippen LogP contribution in [0.5, 0.6) is 0 Å². The van der Waals surface area contributed by atoms with Gasteiger partial charge in [-0.05, 0) is 49.6 Å². The van der Waals surface area contributed by atoms with Gasteiger partial charge in [-0.1, -0.05) is 0 Å². The first kappa shape index (κ1) is 20.0. The molecule has 1 unspecified atom stereocenters. The van der Waals surface area contributed by atoms with Crippen LogP contribution in [0.2, 0.25) is 0 Å². The molecule has 0 aromatic heterocycles. The van der Waals surface area contributed by atoms with E-state index in [-0.39, 0.29) is 6.54 Å². The molecule has 0 spiro atoms. The first-order chi connectivity index (χ1) is 11.3. The van der Waals surface area contributed by atoms with Crippen molar-refractivity contribution in [1.82, 2.24) is 5.32 Å². The summed E-state index contributed by atoms with van der Waals surface area (Å²) in [7, 11) is 1.27. The van der Waals surface area contributed by atoms with Crippen molar-refractivity contribution < 1.29 is 24.2 Å². The molecular formula is C16H22N2O5S. The van der Waals surface area contributed by atoms with E-state index in [1.807, 2.05) is 6.26 Å². The number of carbonyl (C=O) groups is 3. The second-order valence-electron chi connectivity index (χ2n) is 5.45. The highest BCUT2D eigenvalue weighted by Gasteiger charge is 2.23. The molecule has 24 heavy (non-hydrogen) atoms. The number of methoxy groups -OCH3 is 1. The summed E-state index contributed by atoms with van der Waals surface area (Å²) in [4.78, 5) is 34.9. The number of carbonyl (C=O) groups excluding carboxylic acids is 3.